The molecule has 0 atom stereocenters. The van der Waals surface area contributed by atoms with Gasteiger partial charge in [-0.2, -0.15) is 0 Å². The Morgan fingerprint density at radius 2 is 2.10 bits per heavy atom. The van der Waals surface area contributed by atoms with Crippen molar-refractivity contribution in [3.63, 3.8) is 0 Å². The normalized spacial score (nSPS) is 15.8. The van der Waals surface area contributed by atoms with Gasteiger partial charge in [-0.1, -0.05) is 18.9 Å². The van der Waals surface area contributed by atoms with Crippen molar-refractivity contribution >= 4 is 17.3 Å². The molecule has 4 heteroatoms. The standard InChI is InChI=1S/C16H25N3O/c1-12-14(17)8-5-9-15(12)18-16(20)11-19(2)10-13-6-3-4-7-13/h5,8-9,13H,3-4,6-7,10-11,17H2,1-2H3,(H,18,20). The van der Waals surface area contributed by atoms with Crippen LogP contribution in [0.3, 0.4) is 0 Å². The molecule has 0 aromatic heterocycles. The number of amides is 1. The smallest absolute Gasteiger partial charge is 0.238 e. The number of rotatable bonds is 5. The van der Waals surface area contributed by atoms with Gasteiger partial charge in [-0.05, 0) is 50.4 Å². The first-order valence-electron chi connectivity index (χ1n) is 7.39. The van der Waals surface area contributed by atoms with Crippen molar-refractivity contribution in [2.45, 2.75) is 32.6 Å². The maximum atomic E-state index is 12.1. The van der Waals surface area contributed by atoms with Crippen LogP contribution in [0.2, 0.25) is 0 Å². The first-order valence-corrected chi connectivity index (χ1v) is 7.39. The summed E-state index contributed by atoms with van der Waals surface area (Å²) in [7, 11) is 2.02. The molecule has 3 N–H and O–H groups in total. The highest BCUT2D eigenvalue weighted by atomic mass is 16.2. The molecule has 1 aliphatic rings. The molecule has 1 aliphatic carbocycles. The molecule has 20 heavy (non-hydrogen) atoms. The van der Waals surface area contributed by atoms with Crippen LogP contribution in [0.15, 0.2) is 18.2 Å². The van der Waals surface area contributed by atoms with Crippen LogP contribution in [-0.2, 0) is 4.79 Å². The molecule has 1 fully saturated rings. The molecule has 0 spiro atoms. The van der Waals surface area contributed by atoms with Gasteiger partial charge in [0.25, 0.3) is 0 Å². The summed E-state index contributed by atoms with van der Waals surface area (Å²) in [5.74, 6) is 0.793. The molecule has 0 bridgehead atoms. The zero-order chi connectivity index (χ0) is 14.5. The first-order chi connectivity index (χ1) is 9.56. The van der Waals surface area contributed by atoms with Gasteiger partial charge in [0.05, 0.1) is 6.54 Å². The third kappa shape index (κ3) is 3.97. The third-order valence-corrected chi connectivity index (χ3v) is 4.11. The first kappa shape index (κ1) is 14.9. The highest BCUT2D eigenvalue weighted by Crippen LogP contribution is 2.25. The molecule has 1 aromatic rings. The predicted octanol–water partition coefficient (Wildman–Crippen LogP) is 2.64. The molecular formula is C16H25N3O. The number of anilines is 2. The lowest BCUT2D eigenvalue weighted by Crippen LogP contribution is -2.33. The van der Waals surface area contributed by atoms with Crippen LogP contribution in [0, 0.1) is 12.8 Å². The van der Waals surface area contributed by atoms with Crippen LogP contribution in [0.25, 0.3) is 0 Å². The van der Waals surface area contributed by atoms with E-state index in [4.69, 9.17) is 5.73 Å². The van der Waals surface area contributed by atoms with E-state index in [-0.39, 0.29) is 5.91 Å². The maximum absolute atomic E-state index is 12.1. The number of carbonyl (C=O) groups is 1. The van der Waals surface area contributed by atoms with Crippen molar-refractivity contribution < 1.29 is 4.79 Å². The summed E-state index contributed by atoms with van der Waals surface area (Å²) in [5, 5.41) is 2.95. The highest BCUT2D eigenvalue weighted by molar-refractivity contribution is 5.93. The second-order valence-corrected chi connectivity index (χ2v) is 5.92. The van der Waals surface area contributed by atoms with E-state index >= 15 is 0 Å². The number of nitrogens with two attached hydrogens (primary N) is 1. The zero-order valence-corrected chi connectivity index (χ0v) is 12.5. The summed E-state index contributed by atoms with van der Waals surface area (Å²) in [6.45, 7) is 3.38. The van der Waals surface area contributed by atoms with E-state index in [0.717, 1.165) is 23.7 Å². The van der Waals surface area contributed by atoms with Crippen molar-refractivity contribution in [3.05, 3.63) is 23.8 Å². The summed E-state index contributed by atoms with van der Waals surface area (Å²) in [6, 6.07) is 5.60. The van der Waals surface area contributed by atoms with Crippen LogP contribution in [-0.4, -0.2) is 30.9 Å². The van der Waals surface area contributed by atoms with Gasteiger partial charge in [0.2, 0.25) is 5.91 Å². The quantitative estimate of drug-likeness (QED) is 0.812. The van der Waals surface area contributed by atoms with Crippen molar-refractivity contribution in [2.75, 3.05) is 31.2 Å². The van der Waals surface area contributed by atoms with E-state index in [1.807, 2.05) is 32.2 Å². The maximum Gasteiger partial charge on any atom is 0.238 e. The Balaban J connectivity index is 1.83. The molecule has 0 heterocycles. The lowest BCUT2D eigenvalue weighted by molar-refractivity contribution is -0.117. The van der Waals surface area contributed by atoms with Gasteiger partial charge in [-0.15, -0.1) is 0 Å². The van der Waals surface area contributed by atoms with Gasteiger partial charge in [-0.3, -0.25) is 9.69 Å². The van der Waals surface area contributed by atoms with Crippen molar-refractivity contribution in [1.82, 2.24) is 4.90 Å². The Morgan fingerprint density at radius 1 is 1.40 bits per heavy atom. The predicted molar refractivity (Wildman–Crippen MR) is 83.7 cm³/mol. The molecule has 0 saturated heterocycles. The lowest BCUT2D eigenvalue weighted by Gasteiger charge is -2.20. The molecule has 1 amide bonds. The zero-order valence-electron chi connectivity index (χ0n) is 12.5. The van der Waals surface area contributed by atoms with Crippen molar-refractivity contribution in [3.8, 4) is 0 Å². The molecule has 1 aromatic carbocycles. The molecule has 4 nitrogen and oxygen atoms in total. The second-order valence-electron chi connectivity index (χ2n) is 5.92. The molecule has 1 saturated carbocycles. The number of hydrogen-bond donors (Lipinski definition) is 2. The number of likely N-dealkylation sites (N-methyl/N-ethyl adjacent to an activating group) is 1. The molecule has 0 unspecified atom stereocenters. The minimum atomic E-state index is 0.0270. The number of carbonyl (C=O) groups excluding carboxylic acids is 1. The fourth-order valence-corrected chi connectivity index (χ4v) is 2.92. The summed E-state index contributed by atoms with van der Waals surface area (Å²) >= 11 is 0. The molecular weight excluding hydrogens is 250 g/mol. The monoisotopic (exact) mass is 275 g/mol. The average Bonchev–Trinajstić information content (AvgIpc) is 2.87. The largest absolute Gasteiger partial charge is 0.398 e. The Bertz CT molecular complexity index is 467. The number of benzene rings is 1. The number of nitrogen functional groups attached to an aromatic ring is 1. The van der Waals surface area contributed by atoms with Crippen LogP contribution in [0.4, 0.5) is 11.4 Å². The molecule has 0 aliphatic heterocycles. The van der Waals surface area contributed by atoms with Gasteiger partial charge in [0.1, 0.15) is 0 Å². The Kier molecular flexibility index (Phi) is 5.01. The fourth-order valence-electron chi connectivity index (χ4n) is 2.92. The van der Waals surface area contributed by atoms with E-state index in [1.165, 1.54) is 25.7 Å². The van der Waals surface area contributed by atoms with E-state index in [1.54, 1.807) is 0 Å². The Morgan fingerprint density at radius 3 is 2.80 bits per heavy atom. The molecule has 0 radical (unpaired) electrons. The average molecular weight is 275 g/mol. The van der Waals surface area contributed by atoms with Gasteiger partial charge in [0, 0.05) is 17.9 Å². The van der Waals surface area contributed by atoms with Gasteiger partial charge in [-0.25, -0.2) is 0 Å². The SMILES string of the molecule is Cc1c(N)cccc1NC(=O)CN(C)CC1CCCC1. The van der Waals surface area contributed by atoms with Crippen LogP contribution < -0.4 is 11.1 Å². The number of hydrogen-bond acceptors (Lipinski definition) is 3. The van der Waals surface area contributed by atoms with E-state index in [9.17, 15) is 4.79 Å². The summed E-state index contributed by atoms with van der Waals surface area (Å²) < 4.78 is 0. The van der Waals surface area contributed by atoms with Gasteiger partial charge >= 0.3 is 0 Å². The summed E-state index contributed by atoms with van der Waals surface area (Å²) in [6.07, 6.45) is 5.29. The van der Waals surface area contributed by atoms with E-state index in [0.29, 0.717) is 12.2 Å². The van der Waals surface area contributed by atoms with Crippen molar-refractivity contribution in [2.24, 2.45) is 5.92 Å². The summed E-state index contributed by atoms with van der Waals surface area (Å²) in [5.41, 5.74) is 8.29. The van der Waals surface area contributed by atoms with E-state index in [2.05, 4.69) is 10.2 Å². The van der Waals surface area contributed by atoms with Crippen LogP contribution >= 0.6 is 0 Å². The minimum absolute atomic E-state index is 0.0270. The summed E-state index contributed by atoms with van der Waals surface area (Å²) in [4.78, 5) is 14.2. The van der Waals surface area contributed by atoms with Gasteiger partial charge < -0.3 is 11.1 Å². The van der Waals surface area contributed by atoms with Crippen molar-refractivity contribution in [1.29, 1.82) is 0 Å². The van der Waals surface area contributed by atoms with Crippen LogP contribution in [0.5, 0.6) is 0 Å². The van der Waals surface area contributed by atoms with Crippen LogP contribution in [0.1, 0.15) is 31.2 Å². The highest BCUT2D eigenvalue weighted by Gasteiger charge is 2.18. The topological polar surface area (TPSA) is 58.4 Å². The Hall–Kier alpha value is -1.55. The third-order valence-electron chi connectivity index (χ3n) is 4.11. The second kappa shape index (κ2) is 6.75. The Labute approximate surface area is 121 Å². The van der Waals surface area contributed by atoms with E-state index < -0.39 is 0 Å². The molecule has 2 rings (SSSR count). The minimum Gasteiger partial charge on any atom is -0.398 e. The fraction of sp³-hybridized carbons (Fsp3) is 0.562. The molecule has 110 valence electrons. The number of nitrogens with one attached hydrogen (secondary N) is 1. The lowest BCUT2D eigenvalue weighted by atomic mass is 10.1. The van der Waals surface area contributed by atoms with Gasteiger partial charge in [0.15, 0.2) is 0 Å². The number of nitrogens with zero attached hydrogens (tertiary/aromatic N) is 1.